The van der Waals surface area contributed by atoms with Gasteiger partial charge in [-0.2, -0.15) is 0 Å². The van der Waals surface area contributed by atoms with Gasteiger partial charge in [-0.25, -0.2) is 4.98 Å². The van der Waals surface area contributed by atoms with Crippen LogP contribution in [-0.2, 0) is 4.79 Å². The molecule has 9 aliphatic rings. The number of aromatic nitrogens is 2. The number of nitrogens with two attached hydrogens (primary N) is 2. The number of hydrogen-bond acceptors (Lipinski definition) is 10. The molecular formula is C50H74N6O5S2. The number of carbonyl (C=O) groups excluding carboxylic acids is 1. The van der Waals surface area contributed by atoms with Crippen molar-refractivity contribution in [3.05, 3.63) is 52.7 Å². The van der Waals surface area contributed by atoms with Gasteiger partial charge in [0.1, 0.15) is 0 Å². The lowest BCUT2D eigenvalue weighted by Crippen LogP contribution is -2.67. The van der Waals surface area contributed by atoms with Gasteiger partial charge >= 0.3 is 0 Å². The van der Waals surface area contributed by atoms with Crippen LogP contribution in [0.1, 0.15) is 111 Å². The highest BCUT2D eigenvalue weighted by atomic mass is 33.1. The molecule has 17 unspecified atom stereocenters. The molecule has 2 heterocycles. The van der Waals surface area contributed by atoms with Gasteiger partial charge in [-0.1, -0.05) is 78.0 Å². The molecule has 1 saturated heterocycles. The maximum Gasteiger partial charge on any atom is 0.185 e. The second-order valence-corrected chi connectivity index (χ2v) is 25.4. The van der Waals surface area contributed by atoms with Crippen LogP contribution in [0.5, 0.6) is 0 Å². The van der Waals surface area contributed by atoms with Crippen molar-refractivity contribution in [2.24, 2.45) is 91.9 Å². The van der Waals surface area contributed by atoms with E-state index in [0.717, 1.165) is 49.9 Å². The van der Waals surface area contributed by atoms with E-state index in [4.69, 9.17) is 16.5 Å². The largest absolute Gasteiger partial charge is 0.392 e. The second kappa shape index (κ2) is 16.3. The second-order valence-electron chi connectivity index (χ2n) is 22.9. The number of imidazole rings is 1. The third kappa shape index (κ3) is 6.71. The number of nitrogens with one attached hydrogen (secondary N) is 1. The van der Waals surface area contributed by atoms with Gasteiger partial charge in [-0.15, -0.1) is 0 Å². The van der Waals surface area contributed by atoms with Gasteiger partial charge in [-0.3, -0.25) is 9.79 Å². The number of aliphatic hydroxyl groups is 4. The lowest BCUT2D eigenvalue weighted by molar-refractivity contribution is -0.183. The molecule has 346 valence electrons. The Hall–Kier alpha value is -2.13. The number of aliphatic imine (C=N–C) groups is 1. The monoisotopic (exact) mass is 903 g/mol. The zero-order valence-electron chi connectivity index (χ0n) is 38.2. The van der Waals surface area contributed by atoms with Gasteiger partial charge in [0.2, 0.25) is 0 Å². The van der Waals surface area contributed by atoms with E-state index in [1.54, 1.807) is 22.8 Å². The van der Waals surface area contributed by atoms with E-state index in [1.165, 1.54) is 31.3 Å². The van der Waals surface area contributed by atoms with Gasteiger partial charge in [0.15, 0.2) is 11.7 Å². The number of rotatable bonds is 5. The van der Waals surface area contributed by atoms with Gasteiger partial charge < -0.3 is 41.8 Å². The van der Waals surface area contributed by atoms with Crippen molar-refractivity contribution in [3.63, 3.8) is 0 Å². The van der Waals surface area contributed by atoms with Crippen LogP contribution in [0.2, 0.25) is 0 Å². The van der Waals surface area contributed by atoms with Crippen LogP contribution in [0.15, 0.2) is 57.7 Å². The number of fused-ring (bicyclic) bond motifs is 13. The highest BCUT2D eigenvalue weighted by molar-refractivity contribution is 8.76. The Morgan fingerprint density at radius 2 is 1.75 bits per heavy atom. The van der Waals surface area contributed by atoms with Crippen LogP contribution in [-0.4, -0.2) is 97.3 Å². The summed E-state index contributed by atoms with van der Waals surface area (Å²) in [7, 11) is 5.56. The fraction of sp³-hybridized carbons (Fsp3) is 0.780. The Balaban J connectivity index is 1.15. The first-order valence-electron chi connectivity index (χ1n) is 24.5. The molecule has 4 bridgehead atoms. The van der Waals surface area contributed by atoms with Crippen molar-refractivity contribution in [1.82, 2.24) is 14.9 Å². The molecule has 11 nitrogen and oxygen atoms in total. The first-order valence-corrected chi connectivity index (χ1v) is 26.9. The van der Waals surface area contributed by atoms with Gasteiger partial charge in [-0.05, 0) is 130 Å². The van der Waals surface area contributed by atoms with E-state index in [1.807, 2.05) is 41.2 Å². The molecule has 17 atom stereocenters. The molecule has 0 amide bonds. The lowest BCUT2D eigenvalue weighted by Gasteiger charge is -2.65. The van der Waals surface area contributed by atoms with Crippen molar-refractivity contribution in [2.75, 3.05) is 31.6 Å². The molecule has 0 aromatic carbocycles. The Kier molecular flexibility index (Phi) is 11.6. The Morgan fingerprint density at radius 1 is 0.968 bits per heavy atom. The van der Waals surface area contributed by atoms with E-state index >= 15 is 0 Å². The summed E-state index contributed by atoms with van der Waals surface area (Å²) < 4.78 is 2.30. The van der Waals surface area contributed by atoms with Gasteiger partial charge in [0, 0.05) is 78.0 Å². The van der Waals surface area contributed by atoms with Crippen LogP contribution in [0.3, 0.4) is 0 Å². The maximum absolute atomic E-state index is 15.0. The van der Waals surface area contributed by atoms with Gasteiger partial charge in [0.25, 0.3) is 0 Å². The Morgan fingerprint density at radius 3 is 2.49 bits per heavy atom. The molecule has 63 heavy (non-hydrogen) atoms. The molecule has 1 aromatic rings. The number of allylic oxidation sites excluding steroid dienone is 3. The SMILES string of the molecule is CNCC1C(O)C(O)CC2(C)C3C(=CC(=O)C12)C1(O)C2CSSCC(n4ccnc4)CC(C)(C)C4=C5CCCCC5C5=C6C(CCC5)CC(C(O)C64)C(C2)C1(C)CC3CN=C(N)N. The van der Waals surface area contributed by atoms with E-state index < -0.39 is 46.6 Å². The molecular weight excluding hydrogens is 829 g/mol. The lowest BCUT2D eigenvalue weighted by atomic mass is 9.41. The zero-order valence-corrected chi connectivity index (χ0v) is 39.8. The van der Waals surface area contributed by atoms with Crippen molar-refractivity contribution >= 4 is 33.3 Å². The standard InChI is InChI=1S/C50H74N6O5S2/c1-47(2)19-29(56-14-13-54-25-56)24-63-62-23-28-16-35(33-15-26-9-8-12-31-30-10-6-7-11-32(30)43(47)40(39(26)31)45(33)60)49(4)18-27(21-55-46(51)52)41-36(50(28,49)61)17-37(57)42-34(22-53-5)44(59)38(58)20-48(41,42)3/h13-14,17,25-30,33-35,38,40-42,44-45,53,58-61H,6-12,15-16,18-24H2,1-5H3,(H4,51,52,55). The van der Waals surface area contributed by atoms with Crippen molar-refractivity contribution < 1.29 is 25.2 Å². The average molecular weight is 903 g/mol. The third-order valence-electron chi connectivity index (χ3n) is 19.4. The van der Waals surface area contributed by atoms with Crippen molar-refractivity contribution in [3.8, 4) is 0 Å². The number of nitrogens with zero attached hydrogens (tertiary/aromatic N) is 3. The fourth-order valence-electron chi connectivity index (χ4n) is 17.3. The number of hydrogen-bond donors (Lipinski definition) is 7. The number of aliphatic hydroxyl groups excluding tert-OH is 3. The maximum atomic E-state index is 15.0. The minimum absolute atomic E-state index is 0.0117. The first-order chi connectivity index (χ1) is 30.0. The summed E-state index contributed by atoms with van der Waals surface area (Å²) in [6.45, 7) is 10.1. The molecule has 13 heteroatoms. The molecule has 10 rings (SSSR count). The predicted octanol–water partition coefficient (Wildman–Crippen LogP) is 6.21. The first kappa shape index (κ1) is 44.7. The van der Waals surface area contributed by atoms with E-state index in [2.05, 4.69) is 48.8 Å². The van der Waals surface area contributed by atoms with Crippen molar-refractivity contribution in [1.29, 1.82) is 0 Å². The van der Waals surface area contributed by atoms with Crippen LogP contribution >= 0.6 is 21.6 Å². The number of carbonyl (C=O) groups is 1. The normalized spacial score (nSPS) is 46.7. The van der Waals surface area contributed by atoms with E-state index in [-0.39, 0.29) is 65.1 Å². The molecule has 8 aliphatic carbocycles. The minimum Gasteiger partial charge on any atom is -0.392 e. The molecule has 1 aliphatic heterocycles. The van der Waals surface area contributed by atoms with Crippen LogP contribution < -0.4 is 16.8 Å². The summed E-state index contributed by atoms with van der Waals surface area (Å²) >= 11 is 0. The molecule has 0 radical (unpaired) electrons. The summed E-state index contributed by atoms with van der Waals surface area (Å²) in [6, 6.07) is 0.196. The number of guanidine groups is 1. The van der Waals surface area contributed by atoms with Crippen LogP contribution in [0, 0.1) is 75.4 Å². The Bertz CT molecular complexity index is 2080. The topological polar surface area (TPSA) is 192 Å². The summed E-state index contributed by atoms with van der Waals surface area (Å²) in [5.74, 6) is 0.668. The summed E-state index contributed by atoms with van der Waals surface area (Å²) in [5, 5.41) is 54.2. The summed E-state index contributed by atoms with van der Waals surface area (Å²) in [6.07, 6.45) is 16.9. The highest BCUT2D eigenvalue weighted by Crippen LogP contribution is 2.74. The molecule has 0 spiro atoms. The fourth-order valence-corrected chi connectivity index (χ4v) is 20.1. The minimum atomic E-state index is -1.35. The van der Waals surface area contributed by atoms with E-state index in [9.17, 15) is 25.2 Å². The average Bonchev–Trinajstić information content (AvgIpc) is 3.86. The predicted molar refractivity (Wildman–Crippen MR) is 251 cm³/mol. The number of ketones is 1. The molecule has 9 N–H and O–H groups in total. The summed E-state index contributed by atoms with van der Waals surface area (Å²) in [5.41, 5.74) is 16.4. The zero-order chi connectivity index (χ0) is 44.4. The third-order valence-corrected chi connectivity index (χ3v) is 21.9. The quantitative estimate of drug-likeness (QED) is 0.0770. The molecule has 5 saturated carbocycles. The smallest absolute Gasteiger partial charge is 0.185 e. The summed E-state index contributed by atoms with van der Waals surface area (Å²) in [4.78, 5) is 24.2. The van der Waals surface area contributed by atoms with Crippen molar-refractivity contribution in [2.45, 2.75) is 135 Å². The van der Waals surface area contributed by atoms with Gasteiger partial charge in [0.05, 0.1) is 30.2 Å². The molecule has 6 fully saturated rings. The Labute approximate surface area is 382 Å². The van der Waals surface area contributed by atoms with E-state index in [0.29, 0.717) is 37.1 Å². The van der Waals surface area contributed by atoms with Crippen LogP contribution in [0.4, 0.5) is 0 Å². The molecule has 1 aromatic heterocycles. The highest BCUT2D eigenvalue weighted by Gasteiger charge is 2.74. The van der Waals surface area contributed by atoms with Crippen LogP contribution in [0.25, 0.3) is 0 Å².